The molecule has 0 aliphatic heterocycles. The molecule has 1 aromatic heterocycles. The van der Waals surface area contributed by atoms with Crippen molar-refractivity contribution in [3.05, 3.63) is 40.4 Å². The predicted octanol–water partition coefficient (Wildman–Crippen LogP) is 1.29. The summed E-state index contributed by atoms with van der Waals surface area (Å²) in [6.07, 6.45) is 0. The fraction of sp³-hybridized carbons (Fsp3) is 0. The molecular formula is C10H10N6O2. The number of anilines is 4. The van der Waals surface area contributed by atoms with Crippen LogP contribution in [0.4, 0.5) is 29.0 Å². The van der Waals surface area contributed by atoms with Crippen LogP contribution < -0.4 is 16.8 Å². The zero-order chi connectivity index (χ0) is 13.1. The normalized spacial score (nSPS) is 10.0. The number of hydrogen-bond acceptors (Lipinski definition) is 7. The molecular weight excluding hydrogens is 236 g/mol. The van der Waals surface area contributed by atoms with Crippen LogP contribution in [-0.4, -0.2) is 14.9 Å². The molecule has 0 aliphatic rings. The maximum absolute atomic E-state index is 10.5. The van der Waals surface area contributed by atoms with Gasteiger partial charge in [-0.2, -0.15) is 9.97 Å². The van der Waals surface area contributed by atoms with E-state index in [-0.39, 0.29) is 17.5 Å². The summed E-state index contributed by atoms with van der Waals surface area (Å²) in [5, 5.41) is 13.4. The van der Waals surface area contributed by atoms with E-state index in [2.05, 4.69) is 15.3 Å². The van der Waals surface area contributed by atoms with Crippen molar-refractivity contribution in [1.82, 2.24) is 9.97 Å². The number of nitrogen functional groups attached to an aromatic ring is 2. The van der Waals surface area contributed by atoms with E-state index in [0.29, 0.717) is 11.5 Å². The number of nitrogens with two attached hydrogens (primary N) is 2. The third kappa shape index (κ3) is 2.61. The van der Waals surface area contributed by atoms with E-state index in [4.69, 9.17) is 11.5 Å². The van der Waals surface area contributed by atoms with Crippen LogP contribution in [0.5, 0.6) is 0 Å². The van der Waals surface area contributed by atoms with Crippen LogP contribution >= 0.6 is 0 Å². The monoisotopic (exact) mass is 246 g/mol. The number of non-ortho nitro benzene ring substituents is 1. The van der Waals surface area contributed by atoms with E-state index in [0.717, 1.165) is 0 Å². The van der Waals surface area contributed by atoms with Crippen molar-refractivity contribution in [3.63, 3.8) is 0 Å². The van der Waals surface area contributed by atoms with Crippen molar-refractivity contribution in [2.75, 3.05) is 16.8 Å². The number of nitro groups is 1. The van der Waals surface area contributed by atoms with Crippen molar-refractivity contribution < 1.29 is 4.92 Å². The van der Waals surface area contributed by atoms with Gasteiger partial charge in [-0.3, -0.25) is 10.1 Å². The number of nitrogens with one attached hydrogen (secondary N) is 1. The van der Waals surface area contributed by atoms with E-state index < -0.39 is 4.92 Å². The summed E-state index contributed by atoms with van der Waals surface area (Å²) in [6.45, 7) is 0. The van der Waals surface area contributed by atoms with Crippen LogP contribution in [0, 0.1) is 10.1 Å². The highest BCUT2D eigenvalue weighted by atomic mass is 16.6. The van der Waals surface area contributed by atoms with Gasteiger partial charge < -0.3 is 16.8 Å². The van der Waals surface area contributed by atoms with Crippen molar-refractivity contribution in [2.45, 2.75) is 0 Å². The third-order valence-corrected chi connectivity index (χ3v) is 2.11. The zero-order valence-corrected chi connectivity index (χ0v) is 9.20. The van der Waals surface area contributed by atoms with Crippen molar-refractivity contribution >= 4 is 29.0 Å². The summed E-state index contributed by atoms with van der Waals surface area (Å²) in [6, 6.07) is 7.41. The maximum atomic E-state index is 10.5. The molecule has 0 fully saturated rings. The predicted molar refractivity (Wildman–Crippen MR) is 67.2 cm³/mol. The molecule has 1 heterocycles. The summed E-state index contributed by atoms with van der Waals surface area (Å²) in [4.78, 5) is 17.7. The largest absolute Gasteiger partial charge is 0.383 e. The van der Waals surface area contributed by atoms with Crippen LogP contribution in [0.15, 0.2) is 30.3 Å². The zero-order valence-electron chi connectivity index (χ0n) is 9.20. The maximum Gasteiger partial charge on any atom is 0.269 e. The molecule has 0 radical (unpaired) electrons. The van der Waals surface area contributed by atoms with Crippen LogP contribution in [0.1, 0.15) is 0 Å². The highest BCUT2D eigenvalue weighted by molar-refractivity contribution is 5.61. The molecule has 0 saturated heterocycles. The van der Waals surface area contributed by atoms with Gasteiger partial charge in [0.2, 0.25) is 5.95 Å². The molecule has 92 valence electrons. The average molecular weight is 246 g/mol. The summed E-state index contributed by atoms with van der Waals surface area (Å²) in [7, 11) is 0. The molecule has 8 nitrogen and oxygen atoms in total. The Hall–Kier alpha value is -2.90. The Balaban J connectivity index is 2.20. The quantitative estimate of drug-likeness (QED) is 0.548. The first-order valence-electron chi connectivity index (χ1n) is 4.96. The Labute approximate surface area is 102 Å². The van der Waals surface area contributed by atoms with Gasteiger partial charge in [-0.1, -0.05) is 0 Å². The second-order valence-corrected chi connectivity index (χ2v) is 3.47. The lowest BCUT2D eigenvalue weighted by molar-refractivity contribution is -0.384. The second kappa shape index (κ2) is 4.53. The number of benzene rings is 1. The van der Waals surface area contributed by atoms with Crippen LogP contribution in [0.3, 0.4) is 0 Å². The minimum atomic E-state index is -0.468. The molecule has 0 aliphatic carbocycles. The Morgan fingerprint density at radius 3 is 2.39 bits per heavy atom. The fourth-order valence-corrected chi connectivity index (χ4v) is 1.36. The standard InChI is InChI=1S/C10H10N6O2/c11-8-5-9(15-10(12)14-8)13-6-1-3-7(4-2-6)16(17)18/h1-5H,(H5,11,12,13,14,15). The van der Waals surface area contributed by atoms with Crippen LogP contribution in [0.2, 0.25) is 0 Å². The number of nitrogens with zero attached hydrogens (tertiary/aromatic N) is 3. The molecule has 0 atom stereocenters. The Kier molecular flexibility index (Phi) is 2.92. The van der Waals surface area contributed by atoms with Gasteiger partial charge >= 0.3 is 0 Å². The van der Waals surface area contributed by atoms with Gasteiger partial charge in [-0.25, -0.2) is 0 Å². The molecule has 0 bridgehead atoms. The minimum Gasteiger partial charge on any atom is -0.383 e. The molecule has 2 rings (SSSR count). The van der Waals surface area contributed by atoms with Crippen LogP contribution in [-0.2, 0) is 0 Å². The Bertz CT molecular complexity index is 563. The highest BCUT2D eigenvalue weighted by Crippen LogP contribution is 2.19. The molecule has 18 heavy (non-hydrogen) atoms. The van der Waals surface area contributed by atoms with E-state index in [1.54, 1.807) is 12.1 Å². The number of aromatic nitrogens is 2. The van der Waals surface area contributed by atoms with Crippen molar-refractivity contribution in [2.24, 2.45) is 0 Å². The van der Waals surface area contributed by atoms with Gasteiger partial charge in [-0.05, 0) is 12.1 Å². The van der Waals surface area contributed by atoms with Gasteiger partial charge in [0, 0.05) is 23.9 Å². The van der Waals surface area contributed by atoms with Crippen molar-refractivity contribution in [1.29, 1.82) is 0 Å². The minimum absolute atomic E-state index is 0.0160. The molecule has 5 N–H and O–H groups in total. The highest BCUT2D eigenvalue weighted by Gasteiger charge is 2.05. The Morgan fingerprint density at radius 2 is 1.83 bits per heavy atom. The number of hydrogen-bond donors (Lipinski definition) is 3. The van der Waals surface area contributed by atoms with Crippen molar-refractivity contribution in [3.8, 4) is 0 Å². The van der Waals surface area contributed by atoms with E-state index in [9.17, 15) is 10.1 Å². The molecule has 0 unspecified atom stereocenters. The van der Waals surface area contributed by atoms with E-state index >= 15 is 0 Å². The number of nitro benzene ring substituents is 1. The van der Waals surface area contributed by atoms with Gasteiger partial charge in [0.1, 0.15) is 11.6 Å². The smallest absolute Gasteiger partial charge is 0.269 e. The molecule has 0 saturated carbocycles. The van der Waals surface area contributed by atoms with Gasteiger partial charge in [0.15, 0.2) is 0 Å². The van der Waals surface area contributed by atoms with E-state index in [1.165, 1.54) is 18.2 Å². The lowest BCUT2D eigenvalue weighted by atomic mass is 10.3. The average Bonchev–Trinajstić information content (AvgIpc) is 2.28. The molecule has 0 amide bonds. The van der Waals surface area contributed by atoms with Gasteiger partial charge in [0.25, 0.3) is 5.69 Å². The first-order chi connectivity index (χ1) is 8.54. The molecule has 1 aromatic carbocycles. The summed E-state index contributed by atoms with van der Waals surface area (Å²) in [5.41, 5.74) is 11.6. The summed E-state index contributed by atoms with van der Waals surface area (Å²) >= 11 is 0. The molecule has 2 aromatic rings. The van der Waals surface area contributed by atoms with Gasteiger partial charge in [0.05, 0.1) is 4.92 Å². The Morgan fingerprint density at radius 1 is 1.17 bits per heavy atom. The second-order valence-electron chi connectivity index (χ2n) is 3.47. The van der Waals surface area contributed by atoms with Crippen LogP contribution in [0.25, 0.3) is 0 Å². The third-order valence-electron chi connectivity index (χ3n) is 2.11. The lowest BCUT2D eigenvalue weighted by Gasteiger charge is -2.06. The molecule has 0 spiro atoms. The van der Waals surface area contributed by atoms with Gasteiger partial charge in [-0.15, -0.1) is 0 Å². The summed E-state index contributed by atoms with van der Waals surface area (Å²) < 4.78 is 0. The number of rotatable bonds is 3. The molecule has 8 heteroatoms. The van der Waals surface area contributed by atoms with E-state index in [1.807, 2.05) is 0 Å². The summed E-state index contributed by atoms with van der Waals surface area (Å²) in [5.74, 6) is 0.722. The first-order valence-corrected chi connectivity index (χ1v) is 4.96. The fourth-order valence-electron chi connectivity index (χ4n) is 1.36. The topological polar surface area (TPSA) is 133 Å². The first kappa shape index (κ1) is 11.6. The SMILES string of the molecule is Nc1cc(Nc2ccc([N+](=O)[O-])cc2)nc(N)n1. The lowest BCUT2D eigenvalue weighted by Crippen LogP contribution is -2.02.